The SMILES string of the molecule is NC(=O)[C@@H](CC(=O)c1ccc(NC2CC2)c(OCC2CC2)n1)CC1CC1. The number of carbonyl (C=O) groups excluding carboxylic acids is 2. The highest BCUT2D eigenvalue weighted by Crippen LogP contribution is 2.37. The summed E-state index contributed by atoms with van der Waals surface area (Å²) >= 11 is 0. The Bertz CT molecular complexity index is 694. The molecule has 1 atom stereocenters. The van der Waals surface area contributed by atoms with Crippen LogP contribution < -0.4 is 15.8 Å². The van der Waals surface area contributed by atoms with E-state index < -0.39 is 5.92 Å². The molecule has 6 heteroatoms. The molecule has 0 spiro atoms. The van der Waals surface area contributed by atoms with E-state index in [0.717, 1.165) is 31.4 Å². The maximum Gasteiger partial charge on any atom is 0.238 e. The molecule has 140 valence electrons. The van der Waals surface area contributed by atoms with Crippen LogP contribution >= 0.6 is 0 Å². The lowest BCUT2D eigenvalue weighted by atomic mass is 9.94. The number of hydrogen-bond acceptors (Lipinski definition) is 5. The van der Waals surface area contributed by atoms with Gasteiger partial charge in [-0.05, 0) is 56.1 Å². The minimum atomic E-state index is -0.392. The Morgan fingerprint density at radius 2 is 1.88 bits per heavy atom. The standard InChI is InChI=1S/C20H27N3O3/c21-19(25)14(9-12-1-2-12)10-18(24)16-7-8-17(22-15-5-6-15)20(23-16)26-11-13-3-4-13/h7-8,12-15,22H,1-6,9-11H2,(H2,21,25)/t14-/m1/s1. The predicted molar refractivity (Wildman–Crippen MR) is 98.1 cm³/mol. The monoisotopic (exact) mass is 357 g/mol. The quantitative estimate of drug-likeness (QED) is 0.594. The van der Waals surface area contributed by atoms with Crippen molar-refractivity contribution in [2.75, 3.05) is 11.9 Å². The van der Waals surface area contributed by atoms with E-state index in [1.807, 2.05) is 6.07 Å². The van der Waals surface area contributed by atoms with Crippen LogP contribution in [0.15, 0.2) is 12.1 Å². The van der Waals surface area contributed by atoms with Crippen LogP contribution in [0, 0.1) is 17.8 Å². The first kappa shape index (κ1) is 17.3. The van der Waals surface area contributed by atoms with Crippen molar-refractivity contribution in [2.45, 2.75) is 57.4 Å². The van der Waals surface area contributed by atoms with E-state index in [2.05, 4.69) is 10.3 Å². The van der Waals surface area contributed by atoms with Crippen molar-refractivity contribution in [2.24, 2.45) is 23.5 Å². The Morgan fingerprint density at radius 3 is 2.50 bits per heavy atom. The summed E-state index contributed by atoms with van der Waals surface area (Å²) in [5.41, 5.74) is 6.71. The number of amides is 1. The largest absolute Gasteiger partial charge is 0.476 e. The van der Waals surface area contributed by atoms with Gasteiger partial charge in [0.2, 0.25) is 11.8 Å². The summed E-state index contributed by atoms with van der Waals surface area (Å²) in [5.74, 6) is 0.758. The van der Waals surface area contributed by atoms with Gasteiger partial charge in [-0.2, -0.15) is 0 Å². The lowest BCUT2D eigenvalue weighted by molar-refractivity contribution is -0.122. The number of aromatic nitrogens is 1. The molecule has 1 heterocycles. The summed E-state index contributed by atoms with van der Waals surface area (Å²) < 4.78 is 5.89. The van der Waals surface area contributed by atoms with E-state index in [0.29, 0.717) is 42.5 Å². The smallest absolute Gasteiger partial charge is 0.238 e. The van der Waals surface area contributed by atoms with Gasteiger partial charge in [-0.1, -0.05) is 12.8 Å². The molecule has 1 amide bonds. The van der Waals surface area contributed by atoms with Crippen LogP contribution in [0.3, 0.4) is 0 Å². The molecule has 0 aliphatic heterocycles. The summed E-state index contributed by atoms with van der Waals surface area (Å²) in [6.07, 6.45) is 7.84. The molecule has 4 rings (SSSR count). The number of ether oxygens (including phenoxy) is 1. The molecule has 6 nitrogen and oxygen atoms in total. The minimum absolute atomic E-state index is 0.135. The molecule has 0 bridgehead atoms. The van der Waals surface area contributed by atoms with Gasteiger partial charge in [-0.15, -0.1) is 0 Å². The fourth-order valence-electron chi connectivity index (χ4n) is 3.13. The van der Waals surface area contributed by atoms with E-state index in [4.69, 9.17) is 10.5 Å². The fraction of sp³-hybridized carbons (Fsp3) is 0.650. The van der Waals surface area contributed by atoms with Crippen LogP contribution in [0.4, 0.5) is 5.69 Å². The average Bonchev–Trinajstić information content (AvgIpc) is 3.44. The lowest BCUT2D eigenvalue weighted by Gasteiger charge is -2.14. The molecule has 26 heavy (non-hydrogen) atoms. The van der Waals surface area contributed by atoms with Crippen LogP contribution in [-0.4, -0.2) is 29.3 Å². The van der Waals surface area contributed by atoms with Gasteiger partial charge in [0.25, 0.3) is 0 Å². The van der Waals surface area contributed by atoms with Crippen LogP contribution in [0.1, 0.15) is 61.9 Å². The topological polar surface area (TPSA) is 94.3 Å². The Morgan fingerprint density at radius 1 is 1.15 bits per heavy atom. The number of ketones is 1. The molecule has 0 radical (unpaired) electrons. The second-order valence-electron chi connectivity index (χ2n) is 8.13. The highest BCUT2D eigenvalue weighted by Gasteiger charge is 2.31. The molecule has 0 saturated heterocycles. The number of carbonyl (C=O) groups is 2. The highest BCUT2D eigenvalue weighted by molar-refractivity contribution is 5.97. The number of nitrogens with one attached hydrogen (secondary N) is 1. The van der Waals surface area contributed by atoms with E-state index in [1.54, 1.807) is 6.07 Å². The van der Waals surface area contributed by atoms with Gasteiger partial charge in [0.15, 0.2) is 5.78 Å². The third-order valence-corrected chi connectivity index (χ3v) is 5.38. The number of pyridine rings is 1. The number of rotatable bonds is 11. The first-order valence-electron chi connectivity index (χ1n) is 9.81. The van der Waals surface area contributed by atoms with Gasteiger partial charge in [0.1, 0.15) is 5.69 Å². The summed E-state index contributed by atoms with van der Waals surface area (Å²) in [4.78, 5) is 28.8. The molecule has 0 aromatic carbocycles. The van der Waals surface area contributed by atoms with Crippen LogP contribution in [0.2, 0.25) is 0 Å². The molecule has 1 aromatic heterocycles. The summed E-state index contributed by atoms with van der Waals surface area (Å²) in [5, 5.41) is 3.42. The molecule has 0 unspecified atom stereocenters. The van der Waals surface area contributed by atoms with E-state index in [1.165, 1.54) is 12.8 Å². The molecular formula is C20H27N3O3. The zero-order valence-electron chi connectivity index (χ0n) is 15.1. The van der Waals surface area contributed by atoms with Crippen molar-refractivity contribution < 1.29 is 14.3 Å². The predicted octanol–water partition coefficient (Wildman–Crippen LogP) is 2.92. The van der Waals surface area contributed by atoms with E-state index >= 15 is 0 Å². The van der Waals surface area contributed by atoms with Crippen molar-refractivity contribution in [1.82, 2.24) is 4.98 Å². The fourth-order valence-corrected chi connectivity index (χ4v) is 3.13. The molecular weight excluding hydrogens is 330 g/mol. The maximum atomic E-state index is 12.7. The normalized spacial score (nSPS) is 20.5. The Hall–Kier alpha value is -2.11. The van der Waals surface area contributed by atoms with Crippen molar-refractivity contribution in [3.63, 3.8) is 0 Å². The molecule has 3 aliphatic carbocycles. The Balaban J connectivity index is 1.45. The number of nitrogens with zero attached hydrogens (tertiary/aromatic N) is 1. The van der Waals surface area contributed by atoms with Crippen LogP contribution in [0.25, 0.3) is 0 Å². The van der Waals surface area contributed by atoms with Gasteiger partial charge in [0, 0.05) is 18.4 Å². The summed E-state index contributed by atoms with van der Waals surface area (Å²) in [7, 11) is 0. The number of nitrogens with two attached hydrogens (primary N) is 1. The van der Waals surface area contributed by atoms with Gasteiger partial charge < -0.3 is 15.8 Å². The van der Waals surface area contributed by atoms with Crippen molar-refractivity contribution >= 4 is 17.4 Å². The van der Waals surface area contributed by atoms with Crippen molar-refractivity contribution in [3.8, 4) is 5.88 Å². The molecule has 3 aliphatic rings. The molecule has 1 aromatic rings. The second-order valence-corrected chi connectivity index (χ2v) is 8.13. The number of hydrogen-bond donors (Lipinski definition) is 2. The number of anilines is 1. The number of primary amides is 1. The lowest BCUT2D eigenvalue weighted by Crippen LogP contribution is -2.26. The maximum absolute atomic E-state index is 12.7. The van der Waals surface area contributed by atoms with Gasteiger partial charge in [-0.25, -0.2) is 4.98 Å². The third-order valence-electron chi connectivity index (χ3n) is 5.38. The first-order valence-corrected chi connectivity index (χ1v) is 9.81. The van der Waals surface area contributed by atoms with E-state index in [9.17, 15) is 9.59 Å². The first-order chi connectivity index (χ1) is 12.6. The van der Waals surface area contributed by atoms with Gasteiger partial charge in [0.05, 0.1) is 12.3 Å². The zero-order chi connectivity index (χ0) is 18.1. The zero-order valence-corrected chi connectivity index (χ0v) is 15.1. The second kappa shape index (κ2) is 7.25. The average molecular weight is 357 g/mol. The Kier molecular flexibility index (Phi) is 4.83. The van der Waals surface area contributed by atoms with Crippen molar-refractivity contribution in [1.29, 1.82) is 0 Å². The summed E-state index contributed by atoms with van der Waals surface area (Å²) in [6, 6.07) is 4.09. The molecule has 3 N–H and O–H groups in total. The highest BCUT2D eigenvalue weighted by atomic mass is 16.5. The summed E-state index contributed by atoms with van der Waals surface area (Å²) in [6.45, 7) is 0.648. The van der Waals surface area contributed by atoms with E-state index in [-0.39, 0.29) is 18.1 Å². The minimum Gasteiger partial charge on any atom is -0.476 e. The van der Waals surface area contributed by atoms with Crippen molar-refractivity contribution in [3.05, 3.63) is 17.8 Å². The van der Waals surface area contributed by atoms with Gasteiger partial charge in [-0.3, -0.25) is 9.59 Å². The van der Waals surface area contributed by atoms with Crippen LogP contribution in [-0.2, 0) is 4.79 Å². The number of Topliss-reactive ketones (excluding diaryl/α,β-unsaturated/α-hetero) is 1. The third kappa shape index (κ3) is 4.74. The molecule has 3 fully saturated rings. The van der Waals surface area contributed by atoms with Gasteiger partial charge >= 0.3 is 0 Å². The van der Waals surface area contributed by atoms with Crippen LogP contribution in [0.5, 0.6) is 5.88 Å². The molecule has 3 saturated carbocycles. The Labute approximate surface area is 153 Å².